The minimum atomic E-state index is -3.52. The summed E-state index contributed by atoms with van der Waals surface area (Å²) in [6.07, 6.45) is 4.34. The first kappa shape index (κ1) is 22.7. The number of rotatable bonds is 8. The van der Waals surface area contributed by atoms with Crippen molar-refractivity contribution >= 4 is 22.1 Å². The molecule has 0 atom stereocenters. The third-order valence-electron chi connectivity index (χ3n) is 5.10. The molecule has 0 radical (unpaired) electrons. The molecule has 0 saturated carbocycles. The van der Waals surface area contributed by atoms with Crippen LogP contribution in [-0.2, 0) is 14.8 Å². The van der Waals surface area contributed by atoms with E-state index >= 15 is 0 Å². The second-order valence-electron chi connectivity index (χ2n) is 7.56. The fourth-order valence-corrected chi connectivity index (χ4v) is 4.43. The lowest BCUT2D eigenvalue weighted by Crippen LogP contribution is -2.24. The lowest BCUT2D eigenvalue weighted by atomic mass is 10.1. The third kappa shape index (κ3) is 5.40. The van der Waals surface area contributed by atoms with Gasteiger partial charge in [0.25, 0.3) is 0 Å². The van der Waals surface area contributed by atoms with Crippen molar-refractivity contribution in [1.29, 1.82) is 0 Å². The first-order valence-electron chi connectivity index (χ1n) is 10.2. The van der Waals surface area contributed by atoms with Gasteiger partial charge in [-0.25, -0.2) is 17.9 Å². The van der Waals surface area contributed by atoms with Crippen LogP contribution in [0, 0.1) is 0 Å². The van der Waals surface area contributed by atoms with Crippen molar-refractivity contribution in [2.24, 2.45) is 0 Å². The highest BCUT2D eigenvalue weighted by Crippen LogP contribution is 2.34. The lowest BCUT2D eigenvalue weighted by molar-refractivity contribution is 0.0602. The van der Waals surface area contributed by atoms with Gasteiger partial charge in [0.1, 0.15) is 0 Å². The summed E-state index contributed by atoms with van der Waals surface area (Å²) < 4.78 is 32.1. The highest BCUT2D eigenvalue weighted by atomic mass is 32.2. The van der Waals surface area contributed by atoms with Crippen LogP contribution >= 0.6 is 0 Å². The molecule has 1 aromatic rings. The van der Waals surface area contributed by atoms with Crippen LogP contribution < -0.4 is 4.72 Å². The molecule has 0 bridgehead atoms. The Bertz CT molecular complexity index is 1150. The van der Waals surface area contributed by atoms with E-state index in [0.717, 1.165) is 16.7 Å². The van der Waals surface area contributed by atoms with E-state index in [4.69, 9.17) is 4.74 Å². The molecule has 162 valence electrons. The zero-order valence-corrected chi connectivity index (χ0v) is 18.8. The maximum atomic E-state index is 12.3. The highest BCUT2D eigenvalue weighted by molar-refractivity contribution is 7.89. The van der Waals surface area contributed by atoms with Crippen LogP contribution in [0.1, 0.15) is 47.7 Å². The molecular weight excluding hydrogens is 410 g/mol. The van der Waals surface area contributed by atoms with Crippen molar-refractivity contribution in [1.82, 2.24) is 4.72 Å². The Morgan fingerprint density at radius 3 is 2.35 bits per heavy atom. The first-order chi connectivity index (χ1) is 14.8. The molecule has 0 amide bonds. The number of sulfonamides is 1. The van der Waals surface area contributed by atoms with Crippen LogP contribution in [0.25, 0.3) is 17.2 Å². The normalized spacial score (nSPS) is 12.0. The van der Waals surface area contributed by atoms with Crippen molar-refractivity contribution < 1.29 is 17.9 Å². The Kier molecular flexibility index (Phi) is 7.25. The minimum Gasteiger partial charge on any atom is -0.465 e. The van der Waals surface area contributed by atoms with Gasteiger partial charge in [0.2, 0.25) is 10.0 Å². The summed E-state index contributed by atoms with van der Waals surface area (Å²) in [5.41, 5.74) is 4.38. The van der Waals surface area contributed by atoms with Crippen LogP contribution in [0.15, 0.2) is 71.6 Å². The van der Waals surface area contributed by atoms with E-state index in [2.05, 4.69) is 24.6 Å². The molecule has 1 N–H and O–H groups in total. The molecule has 0 unspecified atom stereocenters. The molecule has 0 aliphatic heterocycles. The molecule has 0 aromatic heterocycles. The summed E-state index contributed by atoms with van der Waals surface area (Å²) in [6.45, 7) is 4.53. The number of nitrogens with one attached hydrogen (secondary N) is 1. The van der Waals surface area contributed by atoms with E-state index in [1.807, 2.05) is 36.4 Å². The van der Waals surface area contributed by atoms with Gasteiger partial charge in [-0.2, -0.15) is 0 Å². The Hall–Kier alpha value is -2.96. The molecule has 6 heteroatoms. The summed E-state index contributed by atoms with van der Waals surface area (Å²) in [5, 5.41) is 0. The number of ether oxygens (including phenoxy) is 1. The van der Waals surface area contributed by atoms with Crippen LogP contribution in [0.5, 0.6) is 0 Å². The maximum Gasteiger partial charge on any atom is 0.338 e. The zero-order chi connectivity index (χ0) is 22.4. The van der Waals surface area contributed by atoms with Gasteiger partial charge in [0.05, 0.1) is 17.6 Å². The fourth-order valence-electron chi connectivity index (χ4n) is 3.36. The number of methoxy groups -OCH3 is 1. The summed E-state index contributed by atoms with van der Waals surface area (Å²) >= 11 is 0. The smallest absolute Gasteiger partial charge is 0.338 e. The van der Waals surface area contributed by atoms with Gasteiger partial charge >= 0.3 is 5.97 Å². The predicted octanol–water partition coefficient (Wildman–Crippen LogP) is 5.08. The van der Waals surface area contributed by atoms with Gasteiger partial charge < -0.3 is 4.74 Å². The summed E-state index contributed by atoms with van der Waals surface area (Å²) in [4.78, 5) is 12.5. The topological polar surface area (TPSA) is 72.5 Å². The summed E-state index contributed by atoms with van der Waals surface area (Å²) in [5.74, 6) is -0.00715. The van der Waals surface area contributed by atoms with Gasteiger partial charge in [-0.05, 0) is 52.8 Å². The van der Waals surface area contributed by atoms with E-state index in [9.17, 15) is 13.2 Å². The molecule has 0 saturated heterocycles. The SMILES string of the molecule is COC(=O)c1cc(/C=C\CCNS(=O)(=O)c2ccccc2)c2ccc(C(C)C)ccc1-2. The van der Waals surface area contributed by atoms with E-state index in [1.165, 1.54) is 12.7 Å². The molecule has 1 aromatic carbocycles. The van der Waals surface area contributed by atoms with Crippen molar-refractivity contribution in [3.8, 4) is 11.1 Å². The van der Waals surface area contributed by atoms with Crippen LogP contribution in [0.2, 0.25) is 0 Å². The molecule has 5 nitrogen and oxygen atoms in total. The summed E-state index contributed by atoms with van der Waals surface area (Å²) in [6, 6.07) is 18.2. The Morgan fingerprint density at radius 1 is 1.03 bits per heavy atom. The Morgan fingerprint density at radius 2 is 1.71 bits per heavy atom. The molecule has 3 rings (SSSR count). The van der Waals surface area contributed by atoms with Gasteiger partial charge in [-0.15, -0.1) is 0 Å². The zero-order valence-electron chi connectivity index (χ0n) is 18.0. The lowest BCUT2D eigenvalue weighted by Gasteiger charge is -2.04. The number of esters is 1. The van der Waals surface area contributed by atoms with Gasteiger partial charge in [-0.1, -0.05) is 68.5 Å². The number of benzene rings is 1. The van der Waals surface area contributed by atoms with Crippen molar-refractivity contribution in [2.45, 2.75) is 31.1 Å². The van der Waals surface area contributed by atoms with E-state index in [0.29, 0.717) is 17.9 Å². The maximum absolute atomic E-state index is 12.3. The van der Waals surface area contributed by atoms with Crippen LogP contribution in [0.4, 0.5) is 0 Å². The molecule has 2 aliphatic carbocycles. The number of hydrogen-bond acceptors (Lipinski definition) is 4. The molecular formula is C25H27NO4S. The Labute approximate surface area is 184 Å². The highest BCUT2D eigenvalue weighted by Gasteiger charge is 2.19. The predicted molar refractivity (Wildman–Crippen MR) is 124 cm³/mol. The summed E-state index contributed by atoms with van der Waals surface area (Å²) in [7, 11) is -2.14. The van der Waals surface area contributed by atoms with Crippen molar-refractivity contribution in [3.63, 3.8) is 0 Å². The van der Waals surface area contributed by atoms with E-state index in [-0.39, 0.29) is 17.4 Å². The fraction of sp³-hybridized carbons (Fsp3) is 0.240. The van der Waals surface area contributed by atoms with E-state index < -0.39 is 10.0 Å². The number of hydrogen-bond donors (Lipinski definition) is 1. The van der Waals surface area contributed by atoms with Gasteiger partial charge in [-0.3, -0.25) is 0 Å². The third-order valence-corrected chi connectivity index (χ3v) is 6.58. The Balaban J connectivity index is 1.77. The van der Waals surface area contributed by atoms with Crippen molar-refractivity contribution in [3.05, 3.63) is 83.4 Å². The van der Waals surface area contributed by atoms with Gasteiger partial charge in [0, 0.05) is 6.54 Å². The quantitative estimate of drug-likeness (QED) is 0.394. The molecule has 0 spiro atoms. The van der Waals surface area contributed by atoms with Crippen LogP contribution in [0.3, 0.4) is 0 Å². The first-order valence-corrected chi connectivity index (χ1v) is 11.7. The second kappa shape index (κ2) is 9.90. The van der Waals surface area contributed by atoms with E-state index in [1.54, 1.807) is 30.3 Å². The van der Waals surface area contributed by atoms with Gasteiger partial charge in [0.15, 0.2) is 0 Å². The average Bonchev–Trinajstić information content (AvgIpc) is 2.95. The van der Waals surface area contributed by atoms with Crippen LogP contribution in [-0.4, -0.2) is 28.0 Å². The molecule has 31 heavy (non-hydrogen) atoms. The minimum absolute atomic E-state index is 0.247. The largest absolute Gasteiger partial charge is 0.465 e. The number of carbonyl (C=O) groups is 1. The molecule has 0 heterocycles. The number of fused-ring (bicyclic) bond motifs is 1. The molecule has 0 fully saturated rings. The molecule has 2 aliphatic rings. The number of carbonyl (C=O) groups excluding carboxylic acids is 1. The second-order valence-corrected chi connectivity index (χ2v) is 9.32. The standard InChI is InChI=1S/C25H27NO4S/c1-18(2)19-12-14-22-20(17-24(25(27)30-3)23(22)15-13-19)9-7-8-16-26-31(28,29)21-10-5-4-6-11-21/h4-7,9-15,17-18,26H,8,16H2,1-3H3/b9-7-. The average molecular weight is 438 g/mol. The van der Waals surface area contributed by atoms with Crippen molar-refractivity contribution in [2.75, 3.05) is 13.7 Å². The monoisotopic (exact) mass is 437 g/mol.